The highest BCUT2D eigenvalue weighted by Crippen LogP contribution is 2.27. The summed E-state index contributed by atoms with van der Waals surface area (Å²) in [5, 5.41) is 3.23. The maximum absolute atomic E-state index is 14.3. The first-order valence-corrected chi connectivity index (χ1v) is 7.41. The molecule has 2 aliphatic rings. The number of rotatable bonds is 3. The number of anilines is 2. The van der Waals surface area contributed by atoms with Crippen molar-refractivity contribution in [2.75, 3.05) is 49.1 Å². The van der Waals surface area contributed by atoms with Crippen LogP contribution in [0.1, 0.15) is 0 Å². The lowest BCUT2D eigenvalue weighted by atomic mass is 10.2. The van der Waals surface area contributed by atoms with Gasteiger partial charge in [-0.05, 0) is 18.2 Å². The largest absolute Gasteiger partial charge is 0.443 e. The summed E-state index contributed by atoms with van der Waals surface area (Å²) < 4.78 is 19.4. The predicted octanol–water partition coefficient (Wildman–Crippen LogP) is 0.334. The summed E-state index contributed by atoms with van der Waals surface area (Å²) in [5.74, 6) is -0.321. The molecule has 8 heteroatoms. The third-order valence-electron chi connectivity index (χ3n) is 3.84. The fourth-order valence-electron chi connectivity index (χ4n) is 2.68. The summed E-state index contributed by atoms with van der Waals surface area (Å²) in [4.78, 5) is 23.2. The third kappa shape index (κ3) is 3.77. The van der Waals surface area contributed by atoms with Gasteiger partial charge in [-0.1, -0.05) is 0 Å². The Morgan fingerprint density at radius 3 is 2.61 bits per heavy atom. The van der Waals surface area contributed by atoms with Gasteiger partial charge in [0.15, 0.2) is 0 Å². The number of nitrogens with two attached hydrogens (primary N) is 1. The quantitative estimate of drug-likeness (QED) is 0.833. The molecule has 1 amide bonds. The Bertz CT molecular complexity index is 552. The molecule has 3 rings (SSSR count). The second-order valence-corrected chi connectivity index (χ2v) is 5.22. The zero-order valence-electron chi connectivity index (χ0n) is 12.8. The molecule has 0 radical (unpaired) electrons. The van der Waals surface area contributed by atoms with Crippen molar-refractivity contribution in [1.29, 1.82) is 0 Å². The van der Waals surface area contributed by atoms with Gasteiger partial charge in [0.2, 0.25) is 0 Å². The van der Waals surface area contributed by atoms with Crippen LogP contribution >= 0.6 is 0 Å². The van der Waals surface area contributed by atoms with E-state index in [1.54, 1.807) is 12.1 Å². The number of carbonyl (C=O) groups is 2. The number of benzene rings is 1. The molecule has 0 spiro atoms. The zero-order chi connectivity index (χ0) is 16.8. The molecule has 2 saturated heterocycles. The van der Waals surface area contributed by atoms with Crippen molar-refractivity contribution in [2.24, 2.45) is 5.73 Å². The van der Waals surface area contributed by atoms with Crippen LogP contribution in [0.15, 0.2) is 18.2 Å². The molecule has 0 unspecified atom stereocenters. The number of piperazine rings is 1. The summed E-state index contributed by atoms with van der Waals surface area (Å²) in [7, 11) is 0. The van der Waals surface area contributed by atoms with Crippen LogP contribution in [0.25, 0.3) is 0 Å². The monoisotopic (exact) mass is 324 g/mol. The molecule has 0 aliphatic carbocycles. The van der Waals surface area contributed by atoms with E-state index < -0.39 is 6.09 Å². The van der Waals surface area contributed by atoms with Crippen molar-refractivity contribution in [2.45, 2.75) is 6.10 Å². The van der Waals surface area contributed by atoms with Crippen molar-refractivity contribution in [1.82, 2.24) is 5.32 Å². The van der Waals surface area contributed by atoms with Crippen LogP contribution in [0.4, 0.5) is 20.6 Å². The van der Waals surface area contributed by atoms with Crippen molar-refractivity contribution >= 4 is 24.3 Å². The van der Waals surface area contributed by atoms with E-state index in [1.807, 2.05) is 11.7 Å². The van der Waals surface area contributed by atoms with Crippen LogP contribution in [0.3, 0.4) is 0 Å². The number of cyclic esters (lactones) is 1. The Balaban J connectivity index is 0.000000924. The summed E-state index contributed by atoms with van der Waals surface area (Å²) in [6, 6.07) is 4.86. The van der Waals surface area contributed by atoms with Crippen molar-refractivity contribution < 1.29 is 18.7 Å². The molecule has 3 N–H and O–H groups in total. The number of halogens is 1. The molecular weight excluding hydrogens is 303 g/mol. The van der Waals surface area contributed by atoms with E-state index in [2.05, 4.69) is 5.32 Å². The van der Waals surface area contributed by atoms with Crippen LogP contribution in [-0.4, -0.2) is 58.3 Å². The van der Waals surface area contributed by atoms with Gasteiger partial charge in [-0.3, -0.25) is 4.90 Å². The maximum Gasteiger partial charge on any atom is 0.414 e. The van der Waals surface area contributed by atoms with Crippen LogP contribution in [-0.2, 0) is 9.53 Å². The summed E-state index contributed by atoms with van der Waals surface area (Å²) in [5.41, 5.74) is 6.58. The van der Waals surface area contributed by atoms with E-state index in [-0.39, 0.29) is 18.5 Å². The molecule has 2 fully saturated rings. The first-order valence-electron chi connectivity index (χ1n) is 7.41. The van der Waals surface area contributed by atoms with Gasteiger partial charge < -0.3 is 25.5 Å². The lowest BCUT2D eigenvalue weighted by molar-refractivity contribution is -0.0980. The molecule has 2 heterocycles. The minimum atomic E-state index is -0.472. The van der Waals surface area contributed by atoms with Crippen molar-refractivity contribution in [3.63, 3.8) is 0 Å². The topological polar surface area (TPSA) is 87.9 Å². The van der Waals surface area contributed by atoms with E-state index in [4.69, 9.17) is 15.3 Å². The second-order valence-electron chi connectivity index (χ2n) is 5.22. The van der Waals surface area contributed by atoms with Crippen LogP contribution in [0.2, 0.25) is 0 Å². The van der Waals surface area contributed by atoms with Gasteiger partial charge in [0.05, 0.1) is 17.9 Å². The molecule has 1 atom stereocenters. The van der Waals surface area contributed by atoms with Crippen molar-refractivity contribution in [3.8, 4) is 0 Å². The summed E-state index contributed by atoms with van der Waals surface area (Å²) in [6.45, 7) is 5.87. The lowest BCUT2D eigenvalue weighted by Crippen LogP contribution is -2.43. The highest BCUT2D eigenvalue weighted by Gasteiger charge is 2.31. The van der Waals surface area contributed by atoms with Gasteiger partial charge in [0.25, 0.3) is 0 Å². The molecular formula is C15H21FN4O3. The van der Waals surface area contributed by atoms with Gasteiger partial charge in [0, 0.05) is 32.7 Å². The first kappa shape index (κ1) is 17.2. The van der Waals surface area contributed by atoms with E-state index in [9.17, 15) is 9.18 Å². The Morgan fingerprint density at radius 2 is 2.04 bits per heavy atom. The Hall–Kier alpha value is -2.19. The number of hydrogen-bond acceptors (Lipinski definition) is 6. The molecule has 1 aromatic rings. The molecule has 0 bridgehead atoms. The van der Waals surface area contributed by atoms with Crippen molar-refractivity contribution in [3.05, 3.63) is 24.0 Å². The second kappa shape index (κ2) is 7.89. The number of nitrogens with one attached hydrogen (secondary N) is 1. The minimum absolute atomic E-state index is 0.267. The smallest absolute Gasteiger partial charge is 0.414 e. The number of amides is 1. The van der Waals surface area contributed by atoms with Crippen LogP contribution in [0, 0.1) is 5.82 Å². The highest BCUT2D eigenvalue weighted by molar-refractivity contribution is 5.90. The Kier molecular flexibility index (Phi) is 5.89. The summed E-state index contributed by atoms with van der Waals surface area (Å²) >= 11 is 0. The Morgan fingerprint density at radius 1 is 1.35 bits per heavy atom. The Labute approximate surface area is 134 Å². The molecule has 1 aromatic carbocycles. The number of hydrogen-bond donors (Lipinski definition) is 2. The van der Waals surface area contributed by atoms with Gasteiger partial charge in [-0.2, -0.15) is 0 Å². The SMILES string of the molecule is C=O.NC[C@H]1CN(c2ccc(N3CCNCC3)c(F)c2)C(=O)O1. The highest BCUT2D eigenvalue weighted by atomic mass is 19.1. The molecule has 7 nitrogen and oxygen atoms in total. The van der Waals surface area contributed by atoms with E-state index >= 15 is 0 Å². The molecule has 23 heavy (non-hydrogen) atoms. The number of ether oxygens (including phenoxy) is 1. The number of carbonyl (C=O) groups excluding carboxylic acids is 2. The van der Waals surface area contributed by atoms with Crippen LogP contribution in [0.5, 0.6) is 0 Å². The average molecular weight is 324 g/mol. The van der Waals surface area contributed by atoms with E-state index in [1.165, 1.54) is 11.0 Å². The van der Waals surface area contributed by atoms with Gasteiger partial charge in [-0.15, -0.1) is 0 Å². The standard InChI is InChI=1S/C14H19FN4O2.CH2O/c15-12-7-10(19-9-11(8-16)21-14(19)20)1-2-13(12)18-5-3-17-4-6-18;1-2/h1-2,7,11,17H,3-6,8-9,16H2;1H2/t11-;/m0./s1. The minimum Gasteiger partial charge on any atom is -0.443 e. The van der Waals surface area contributed by atoms with E-state index in [0.29, 0.717) is 17.9 Å². The van der Waals surface area contributed by atoms with Crippen LogP contribution < -0.4 is 20.9 Å². The first-order chi connectivity index (χ1) is 11.2. The van der Waals surface area contributed by atoms with E-state index in [0.717, 1.165) is 26.2 Å². The molecule has 0 saturated carbocycles. The zero-order valence-corrected chi connectivity index (χ0v) is 12.8. The number of nitrogens with zero attached hydrogens (tertiary/aromatic N) is 2. The predicted molar refractivity (Wildman–Crippen MR) is 85.3 cm³/mol. The fourth-order valence-corrected chi connectivity index (χ4v) is 2.68. The molecule has 0 aromatic heterocycles. The normalized spacial score (nSPS) is 20.8. The van der Waals surface area contributed by atoms with Gasteiger partial charge in [0.1, 0.15) is 18.7 Å². The lowest BCUT2D eigenvalue weighted by Gasteiger charge is -2.30. The maximum atomic E-state index is 14.3. The van der Waals surface area contributed by atoms with Gasteiger partial charge in [-0.25, -0.2) is 9.18 Å². The van der Waals surface area contributed by atoms with Gasteiger partial charge >= 0.3 is 6.09 Å². The average Bonchev–Trinajstić information content (AvgIpc) is 2.98. The molecule has 126 valence electrons. The fraction of sp³-hybridized carbons (Fsp3) is 0.467. The molecule has 2 aliphatic heterocycles. The summed E-state index contributed by atoms with van der Waals surface area (Å²) in [6.07, 6.45) is -0.798. The third-order valence-corrected chi connectivity index (χ3v) is 3.84.